The van der Waals surface area contributed by atoms with E-state index >= 15 is 0 Å². The van der Waals surface area contributed by atoms with Gasteiger partial charge < -0.3 is 9.47 Å². The van der Waals surface area contributed by atoms with Crippen LogP contribution in [0.25, 0.3) is 0 Å². The highest BCUT2D eigenvalue weighted by molar-refractivity contribution is 8.03. The van der Waals surface area contributed by atoms with Crippen LogP contribution in [0.3, 0.4) is 0 Å². The van der Waals surface area contributed by atoms with E-state index in [2.05, 4.69) is 13.5 Å². The molecule has 114 valence electrons. The molecule has 0 unspecified atom stereocenters. The van der Waals surface area contributed by atoms with Crippen LogP contribution in [-0.2, 0) is 9.47 Å². The molecule has 0 aromatic heterocycles. The SMILES string of the molecule is C=CSC(CCCCCCCCC)(OCC)OCC. The van der Waals surface area contributed by atoms with Crippen LogP contribution in [0.2, 0.25) is 0 Å². The van der Waals surface area contributed by atoms with Gasteiger partial charge in [0.25, 0.3) is 0 Å². The third-order valence-corrected chi connectivity index (χ3v) is 4.04. The molecular weight excluding hydrogens is 256 g/mol. The van der Waals surface area contributed by atoms with Crippen molar-refractivity contribution in [1.29, 1.82) is 0 Å². The van der Waals surface area contributed by atoms with Gasteiger partial charge in [0, 0.05) is 19.6 Å². The minimum absolute atomic E-state index is 0.505. The molecule has 0 radical (unpaired) electrons. The van der Waals surface area contributed by atoms with Crippen LogP contribution in [0.1, 0.15) is 72.1 Å². The van der Waals surface area contributed by atoms with Crippen LogP contribution in [0, 0.1) is 0 Å². The van der Waals surface area contributed by atoms with Crippen molar-refractivity contribution >= 4 is 11.8 Å². The summed E-state index contributed by atoms with van der Waals surface area (Å²) in [5, 5.41) is 1.32. The molecule has 0 atom stereocenters. The minimum atomic E-state index is -0.505. The zero-order valence-corrected chi connectivity index (χ0v) is 13.9. The Morgan fingerprint density at radius 1 is 0.895 bits per heavy atom. The molecule has 0 heterocycles. The summed E-state index contributed by atoms with van der Waals surface area (Å²) in [4.78, 5) is 0. The molecule has 0 spiro atoms. The number of rotatable bonds is 14. The van der Waals surface area contributed by atoms with Gasteiger partial charge in [0.2, 0.25) is 5.12 Å². The normalized spacial score (nSPS) is 11.7. The first-order valence-corrected chi connectivity index (χ1v) is 8.69. The van der Waals surface area contributed by atoms with Crippen LogP contribution in [-0.4, -0.2) is 18.3 Å². The summed E-state index contributed by atoms with van der Waals surface area (Å²) in [5.74, 6) is 0. The maximum Gasteiger partial charge on any atom is 0.222 e. The summed E-state index contributed by atoms with van der Waals surface area (Å²) in [7, 11) is 0. The molecule has 0 fully saturated rings. The van der Waals surface area contributed by atoms with Crippen molar-refractivity contribution < 1.29 is 9.47 Å². The van der Waals surface area contributed by atoms with Crippen molar-refractivity contribution in [1.82, 2.24) is 0 Å². The summed E-state index contributed by atoms with van der Waals surface area (Å²) < 4.78 is 11.7. The Labute approximate surface area is 124 Å². The second-order valence-corrected chi connectivity index (χ2v) is 5.90. The van der Waals surface area contributed by atoms with Gasteiger partial charge in [-0.3, -0.25) is 0 Å². The maximum atomic E-state index is 5.83. The van der Waals surface area contributed by atoms with Crippen LogP contribution in [0.4, 0.5) is 0 Å². The van der Waals surface area contributed by atoms with Crippen LogP contribution >= 0.6 is 11.8 Å². The highest BCUT2D eigenvalue weighted by atomic mass is 32.2. The first-order valence-electron chi connectivity index (χ1n) is 7.81. The Bertz CT molecular complexity index is 201. The van der Waals surface area contributed by atoms with E-state index in [9.17, 15) is 0 Å². The predicted octanol–water partition coefficient (Wildman–Crippen LogP) is 5.73. The van der Waals surface area contributed by atoms with Gasteiger partial charge in [0.05, 0.1) is 0 Å². The van der Waals surface area contributed by atoms with Crippen molar-refractivity contribution in [2.24, 2.45) is 0 Å². The smallest absolute Gasteiger partial charge is 0.222 e. The Kier molecular flexibility index (Phi) is 13.0. The Morgan fingerprint density at radius 3 is 1.89 bits per heavy atom. The Hall–Kier alpha value is 0.01000. The van der Waals surface area contributed by atoms with Crippen LogP contribution < -0.4 is 0 Å². The zero-order chi connectivity index (χ0) is 14.4. The maximum absolute atomic E-state index is 5.83. The molecule has 0 aliphatic heterocycles. The molecule has 0 N–H and O–H groups in total. The van der Waals surface area contributed by atoms with E-state index in [1.165, 1.54) is 38.5 Å². The van der Waals surface area contributed by atoms with Gasteiger partial charge in [-0.1, -0.05) is 63.8 Å². The van der Waals surface area contributed by atoms with E-state index < -0.39 is 5.12 Å². The van der Waals surface area contributed by atoms with Crippen LogP contribution in [0.15, 0.2) is 12.0 Å². The van der Waals surface area contributed by atoms with Gasteiger partial charge in [-0.2, -0.15) is 0 Å². The highest BCUT2D eigenvalue weighted by Gasteiger charge is 2.30. The minimum Gasteiger partial charge on any atom is -0.341 e. The van der Waals surface area contributed by atoms with E-state index in [4.69, 9.17) is 9.47 Å². The van der Waals surface area contributed by atoms with E-state index in [-0.39, 0.29) is 0 Å². The standard InChI is InChI=1S/C16H32O2S/c1-5-9-10-11-12-13-14-15-16(17-6-2,18-7-3)19-8-4/h8H,4-7,9-15H2,1-3H3. The lowest BCUT2D eigenvalue weighted by Gasteiger charge is -2.31. The van der Waals surface area contributed by atoms with E-state index in [1.54, 1.807) is 11.8 Å². The van der Waals surface area contributed by atoms with Crippen molar-refractivity contribution in [3.63, 3.8) is 0 Å². The van der Waals surface area contributed by atoms with Crippen molar-refractivity contribution in [3.8, 4) is 0 Å². The molecule has 0 aliphatic carbocycles. The summed E-state index contributed by atoms with van der Waals surface area (Å²) in [5.41, 5.74) is 0. The average molecular weight is 288 g/mol. The van der Waals surface area contributed by atoms with Crippen molar-refractivity contribution in [2.75, 3.05) is 13.2 Å². The quantitative estimate of drug-likeness (QED) is 0.300. The molecule has 0 aromatic carbocycles. The summed E-state index contributed by atoms with van der Waals surface area (Å²) >= 11 is 1.56. The molecule has 2 nitrogen and oxygen atoms in total. The zero-order valence-electron chi connectivity index (χ0n) is 13.1. The van der Waals surface area contributed by atoms with Gasteiger partial charge >= 0.3 is 0 Å². The average Bonchev–Trinajstić information content (AvgIpc) is 2.39. The third kappa shape index (κ3) is 9.53. The van der Waals surface area contributed by atoms with Gasteiger partial charge in [0.15, 0.2) is 0 Å². The molecule has 3 heteroatoms. The molecule has 0 bridgehead atoms. The molecule has 0 saturated heterocycles. The van der Waals surface area contributed by atoms with E-state index in [0.717, 1.165) is 12.8 Å². The molecule has 0 aromatic rings. The van der Waals surface area contributed by atoms with E-state index in [0.29, 0.717) is 13.2 Å². The molecule has 0 saturated carbocycles. The lowest BCUT2D eigenvalue weighted by Crippen LogP contribution is -2.32. The largest absolute Gasteiger partial charge is 0.341 e. The number of hydrogen-bond acceptors (Lipinski definition) is 3. The number of ether oxygens (including phenoxy) is 2. The third-order valence-electron chi connectivity index (χ3n) is 3.08. The number of unbranched alkanes of at least 4 members (excludes halogenated alkanes) is 6. The monoisotopic (exact) mass is 288 g/mol. The van der Waals surface area contributed by atoms with Gasteiger partial charge in [-0.25, -0.2) is 0 Å². The number of thioether (sulfide) groups is 1. The molecular formula is C16H32O2S. The lowest BCUT2D eigenvalue weighted by molar-refractivity contribution is -0.169. The van der Waals surface area contributed by atoms with Crippen molar-refractivity contribution in [3.05, 3.63) is 12.0 Å². The summed E-state index contributed by atoms with van der Waals surface area (Å²) in [6.07, 6.45) is 10.1. The van der Waals surface area contributed by atoms with Gasteiger partial charge in [0.1, 0.15) is 0 Å². The van der Waals surface area contributed by atoms with Gasteiger partial charge in [-0.15, -0.1) is 0 Å². The Balaban J connectivity index is 3.93. The molecule has 19 heavy (non-hydrogen) atoms. The highest BCUT2D eigenvalue weighted by Crippen LogP contribution is 2.34. The topological polar surface area (TPSA) is 18.5 Å². The fraction of sp³-hybridized carbons (Fsp3) is 0.875. The van der Waals surface area contributed by atoms with Crippen LogP contribution in [0.5, 0.6) is 0 Å². The summed E-state index contributed by atoms with van der Waals surface area (Å²) in [6.45, 7) is 11.4. The first kappa shape index (κ1) is 19.0. The molecule has 0 rings (SSSR count). The predicted molar refractivity (Wildman–Crippen MR) is 86.4 cm³/mol. The summed E-state index contributed by atoms with van der Waals surface area (Å²) in [6, 6.07) is 0. The second-order valence-electron chi connectivity index (χ2n) is 4.70. The lowest BCUT2D eigenvalue weighted by atomic mass is 10.1. The van der Waals surface area contributed by atoms with Crippen molar-refractivity contribution in [2.45, 2.75) is 77.3 Å². The Morgan fingerprint density at radius 2 is 1.42 bits per heavy atom. The number of hydrogen-bond donors (Lipinski definition) is 0. The van der Waals surface area contributed by atoms with E-state index in [1.807, 2.05) is 19.3 Å². The molecule has 0 amide bonds. The fourth-order valence-electron chi connectivity index (χ4n) is 2.18. The second kappa shape index (κ2) is 13.0. The molecule has 0 aliphatic rings. The first-order chi connectivity index (χ1) is 9.24. The van der Waals surface area contributed by atoms with Gasteiger partial charge in [-0.05, 0) is 25.7 Å². The fourth-order valence-corrected chi connectivity index (χ4v) is 3.07.